The molecule has 0 N–H and O–H groups in total. The smallest absolute Gasteiger partial charge is 0.243 e. The summed E-state index contributed by atoms with van der Waals surface area (Å²) in [6, 6.07) is 7.30. The Bertz CT molecular complexity index is 619. The van der Waals surface area contributed by atoms with E-state index in [0.29, 0.717) is 10.5 Å². The fourth-order valence-electron chi connectivity index (χ4n) is 2.05. The Balaban J connectivity index is 2.37. The molecule has 1 saturated heterocycles. The van der Waals surface area contributed by atoms with Crippen molar-refractivity contribution in [3.8, 4) is 6.07 Å². The van der Waals surface area contributed by atoms with Crippen LogP contribution in [-0.4, -0.2) is 38.5 Å². The number of hydrogen-bond donors (Lipinski definition) is 0. The van der Waals surface area contributed by atoms with E-state index in [-0.39, 0.29) is 19.7 Å². The average Bonchev–Trinajstić information content (AvgIpc) is 2.41. The van der Waals surface area contributed by atoms with E-state index in [2.05, 4.69) is 0 Å². The fraction of sp³-hybridized carbons (Fsp3) is 0.462. The highest BCUT2D eigenvalue weighted by molar-refractivity contribution is 7.89. The molecule has 19 heavy (non-hydrogen) atoms. The number of hydrogen-bond acceptors (Lipinski definition) is 4. The van der Waals surface area contributed by atoms with E-state index in [9.17, 15) is 8.42 Å². The van der Waals surface area contributed by atoms with Crippen molar-refractivity contribution in [1.82, 2.24) is 4.31 Å². The quantitative estimate of drug-likeness (QED) is 0.816. The molecule has 5 nitrogen and oxygen atoms in total. The molecule has 6 heteroatoms. The first kappa shape index (κ1) is 14.0. The lowest BCUT2D eigenvalue weighted by Gasteiger charge is -2.29. The van der Waals surface area contributed by atoms with Crippen LogP contribution in [0.3, 0.4) is 0 Å². The minimum atomic E-state index is -3.56. The summed E-state index contributed by atoms with van der Waals surface area (Å²) >= 11 is 0. The van der Waals surface area contributed by atoms with Gasteiger partial charge in [-0.25, -0.2) is 8.42 Å². The second-order valence-corrected chi connectivity index (χ2v) is 6.53. The molecule has 1 atom stereocenters. The topological polar surface area (TPSA) is 70.4 Å². The molecule has 1 aromatic rings. The van der Waals surface area contributed by atoms with Gasteiger partial charge >= 0.3 is 0 Å². The third-order valence-electron chi connectivity index (χ3n) is 3.13. The molecule has 102 valence electrons. The van der Waals surface area contributed by atoms with Crippen LogP contribution in [0.25, 0.3) is 0 Å². The molecule has 0 amide bonds. The molecule has 0 radical (unpaired) electrons. The summed E-state index contributed by atoms with van der Waals surface area (Å²) < 4.78 is 31.7. The lowest BCUT2D eigenvalue weighted by atomic mass is 10.2. The maximum Gasteiger partial charge on any atom is 0.243 e. The maximum absolute atomic E-state index is 12.6. The van der Waals surface area contributed by atoms with Gasteiger partial charge in [-0.05, 0) is 31.0 Å². The Morgan fingerprint density at radius 3 is 2.84 bits per heavy atom. The molecule has 1 fully saturated rings. The molecule has 1 aliphatic heterocycles. The van der Waals surface area contributed by atoms with E-state index in [1.54, 1.807) is 19.1 Å². The Morgan fingerprint density at radius 2 is 2.16 bits per heavy atom. The molecule has 1 aliphatic rings. The molecule has 0 bridgehead atoms. The average molecular weight is 280 g/mol. The van der Waals surface area contributed by atoms with Gasteiger partial charge in [-0.1, -0.05) is 12.1 Å². The van der Waals surface area contributed by atoms with Crippen molar-refractivity contribution in [3.05, 3.63) is 29.3 Å². The normalized spacial score (nSPS) is 21.0. The van der Waals surface area contributed by atoms with Crippen molar-refractivity contribution < 1.29 is 13.2 Å². The van der Waals surface area contributed by atoms with E-state index in [1.807, 2.05) is 19.1 Å². The van der Waals surface area contributed by atoms with Crippen LogP contribution in [0.15, 0.2) is 23.1 Å². The van der Waals surface area contributed by atoms with Crippen LogP contribution in [0.5, 0.6) is 0 Å². The Kier molecular flexibility index (Phi) is 3.90. The molecule has 2 rings (SSSR count). The van der Waals surface area contributed by atoms with Gasteiger partial charge in [0.2, 0.25) is 10.0 Å². The van der Waals surface area contributed by atoms with Gasteiger partial charge in [0.1, 0.15) is 0 Å². The zero-order valence-corrected chi connectivity index (χ0v) is 11.8. The summed E-state index contributed by atoms with van der Waals surface area (Å²) in [4.78, 5) is 0.311. The first-order chi connectivity index (χ1) is 8.95. The van der Waals surface area contributed by atoms with Crippen LogP contribution in [0.2, 0.25) is 0 Å². The van der Waals surface area contributed by atoms with Crippen molar-refractivity contribution in [2.75, 3.05) is 19.7 Å². The molecule has 0 aliphatic carbocycles. The summed E-state index contributed by atoms with van der Waals surface area (Å²) in [7, 11) is -3.56. The summed E-state index contributed by atoms with van der Waals surface area (Å²) in [6.45, 7) is 4.26. The predicted octanol–water partition coefficient (Wildman–Crippen LogP) is 1.22. The van der Waals surface area contributed by atoms with Crippen LogP contribution in [0.4, 0.5) is 0 Å². The van der Waals surface area contributed by atoms with Gasteiger partial charge in [-0.15, -0.1) is 0 Å². The van der Waals surface area contributed by atoms with E-state index in [0.717, 1.165) is 5.56 Å². The van der Waals surface area contributed by atoms with E-state index in [1.165, 1.54) is 4.31 Å². The van der Waals surface area contributed by atoms with Gasteiger partial charge in [0.15, 0.2) is 6.10 Å². The van der Waals surface area contributed by atoms with Crippen LogP contribution >= 0.6 is 0 Å². The lowest BCUT2D eigenvalue weighted by Crippen LogP contribution is -2.45. The van der Waals surface area contributed by atoms with Crippen LogP contribution in [-0.2, 0) is 14.8 Å². The highest BCUT2D eigenvalue weighted by atomic mass is 32.2. The minimum absolute atomic E-state index is 0.0895. The third-order valence-corrected chi connectivity index (χ3v) is 5.14. The summed E-state index contributed by atoms with van der Waals surface area (Å²) in [6.07, 6.45) is -0.686. The van der Waals surface area contributed by atoms with Crippen LogP contribution in [0, 0.1) is 25.2 Å². The Morgan fingerprint density at radius 1 is 1.42 bits per heavy atom. The number of aryl methyl sites for hydroxylation is 2. The second-order valence-electron chi connectivity index (χ2n) is 4.62. The molecule has 0 spiro atoms. The number of nitrogens with zero attached hydrogens (tertiary/aromatic N) is 2. The zero-order valence-electron chi connectivity index (χ0n) is 11.0. The standard InChI is InChI=1S/C13H16N2O3S/c1-10-3-4-11(2)13(7-10)19(16,17)15-5-6-18-12(8-14)9-15/h3-4,7,12H,5-6,9H2,1-2H3. The minimum Gasteiger partial charge on any atom is -0.361 e. The van der Waals surface area contributed by atoms with E-state index in [4.69, 9.17) is 10.00 Å². The molecular formula is C13H16N2O3S. The number of sulfonamides is 1. The summed E-state index contributed by atoms with van der Waals surface area (Å²) in [5.74, 6) is 0. The summed E-state index contributed by atoms with van der Waals surface area (Å²) in [5.41, 5.74) is 1.61. The molecule has 0 aromatic heterocycles. The van der Waals surface area contributed by atoms with Crippen LogP contribution < -0.4 is 0 Å². The third kappa shape index (κ3) is 2.78. The van der Waals surface area contributed by atoms with Crippen molar-refractivity contribution in [2.24, 2.45) is 0 Å². The second kappa shape index (κ2) is 5.29. The van der Waals surface area contributed by atoms with Gasteiger partial charge in [-0.2, -0.15) is 9.57 Å². The van der Waals surface area contributed by atoms with Gasteiger partial charge in [0, 0.05) is 6.54 Å². The van der Waals surface area contributed by atoms with E-state index >= 15 is 0 Å². The largest absolute Gasteiger partial charge is 0.361 e. The Hall–Kier alpha value is -1.42. The van der Waals surface area contributed by atoms with Crippen molar-refractivity contribution in [1.29, 1.82) is 5.26 Å². The number of ether oxygens (including phenoxy) is 1. The molecule has 1 unspecified atom stereocenters. The highest BCUT2D eigenvalue weighted by Gasteiger charge is 2.31. The Labute approximate surface area is 113 Å². The maximum atomic E-state index is 12.6. The van der Waals surface area contributed by atoms with Gasteiger partial charge in [0.05, 0.1) is 24.1 Å². The highest BCUT2D eigenvalue weighted by Crippen LogP contribution is 2.22. The van der Waals surface area contributed by atoms with Gasteiger partial charge in [-0.3, -0.25) is 0 Å². The zero-order chi connectivity index (χ0) is 14.0. The van der Waals surface area contributed by atoms with Crippen molar-refractivity contribution in [2.45, 2.75) is 24.8 Å². The summed E-state index contributed by atoms with van der Waals surface area (Å²) in [5, 5.41) is 8.85. The number of nitriles is 1. The molecule has 0 saturated carbocycles. The SMILES string of the molecule is Cc1ccc(C)c(S(=O)(=O)N2CCOC(C#N)C2)c1. The number of rotatable bonds is 2. The van der Waals surface area contributed by atoms with Crippen molar-refractivity contribution >= 4 is 10.0 Å². The van der Waals surface area contributed by atoms with Gasteiger partial charge < -0.3 is 4.74 Å². The monoisotopic (exact) mass is 280 g/mol. The first-order valence-electron chi connectivity index (χ1n) is 6.04. The van der Waals surface area contributed by atoms with E-state index < -0.39 is 16.1 Å². The number of morpholine rings is 1. The first-order valence-corrected chi connectivity index (χ1v) is 7.48. The molecule has 1 heterocycles. The number of benzene rings is 1. The van der Waals surface area contributed by atoms with Gasteiger partial charge in [0.25, 0.3) is 0 Å². The molecule has 1 aromatic carbocycles. The fourth-order valence-corrected chi connectivity index (χ4v) is 3.78. The van der Waals surface area contributed by atoms with Crippen LogP contribution in [0.1, 0.15) is 11.1 Å². The molecular weight excluding hydrogens is 264 g/mol. The lowest BCUT2D eigenvalue weighted by molar-refractivity contribution is 0.0311. The predicted molar refractivity (Wildman–Crippen MR) is 70.0 cm³/mol. The van der Waals surface area contributed by atoms with Crippen molar-refractivity contribution in [3.63, 3.8) is 0 Å².